The Morgan fingerprint density at radius 1 is 0.953 bits per heavy atom. The largest absolute Gasteiger partial charge is 0.350 e. The number of imidazole rings is 1. The van der Waals surface area contributed by atoms with Gasteiger partial charge in [0, 0.05) is 35.4 Å². The van der Waals surface area contributed by atoms with Crippen LogP contribution in [0.5, 0.6) is 0 Å². The van der Waals surface area contributed by atoms with Crippen LogP contribution in [0, 0.1) is 30.0 Å². The monoisotopic (exact) mass is 575 g/mol. The number of rotatable bonds is 7. The molecule has 43 heavy (non-hydrogen) atoms. The van der Waals surface area contributed by atoms with Gasteiger partial charge < -0.3 is 16.0 Å². The number of anilines is 4. The maximum absolute atomic E-state index is 13.2. The highest BCUT2D eigenvalue weighted by Crippen LogP contribution is 2.47. The van der Waals surface area contributed by atoms with Crippen molar-refractivity contribution in [2.75, 3.05) is 16.0 Å². The molecule has 0 saturated heterocycles. The Kier molecular flexibility index (Phi) is 7.16. The number of nitrogens with zero attached hydrogens (tertiary/aromatic N) is 4. The minimum atomic E-state index is -1.15. The van der Waals surface area contributed by atoms with Crippen LogP contribution in [0.1, 0.15) is 49.6 Å². The van der Waals surface area contributed by atoms with Crippen LogP contribution in [0.25, 0.3) is 5.65 Å². The Labute approximate surface area is 248 Å². The van der Waals surface area contributed by atoms with Crippen molar-refractivity contribution >= 4 is 40.2 Å². The highest BCUT2D eigenvalue weighted by molar-refractivity contribution is 6.16. The molecule has 3 aromatic heterocycles. The fourth-order valence-electron chi connectivity index (χ4n) is 4.72. The fraction of sp³-hybridized carbons (Fsp3) is 0.212. The molecular weight excluding hydrogens is 545 g/mol. The molecule has 2 amide bonds. The first-order valence-corrected chi connectivity index (χ1v) is 14.0. The zero-order chi connectivity index (χ0) is 30.1. The van der Waals surface area contributed by atoms with E-state index >= 15 is 0 Å². The molecule has 216 valence electrons. The lowest BCUT2D eigenvalue weighted by molar-refractivity contribution is -0.131. The molecule has 0 unspecified atom stereocenters. The van der Waals surface area contributed by atoms with E-state index in [1.165, 1.54) is 24.3 Å². The van der Waals surface area contributed by atoms with E-state index in [0.29, 0.717) is 29.9 Å². The standard InChI is InChI=1S/C33H30FN7O2/c1-21(2)41-20-27(18-36-41)37-29-5-4-16-40-28(19-35-30(29)40)13-7-23-17-26(10-6-22(23)3)39-32(43)33(14-15-33)31(42)38-25-11-8-24(34)9-12-25/h4-6,8-12,16-21,37H,14-15H2,1-3H3,(H,38,42)(H,39,43). The lowest BCUT2D eigenvalue weighted by Gasteiger charge is -2.16. The normalized spacial score (nSPS) is 13.3. The molecule has 2 aromatic carbocycles. The van der Waals surface area contributed by atoms with Gasteiger partial charge in [-0.1, -0.05) is 12.0 Å². The Bertz CT molecular complexity index is 1910. The molecule has 1 aliphatic rings. The van der Waals surface area contributed by atoms with Crippen molar-refractivity contribution in [2.24, 2.45) is 5.41 Å². The first kappa shape index (κ1) is 27.7. The van der Waals surface area contributed by atoms with Gasteiger partial charge in [-0.05, 0) is 93.6 Å². The second-order valence-electron chi connectivity index (χ2n) is 11.0. The maximum Gasteiger partial charge on any atom is 0.240 e. The molecule has 6 rings (SSSR count). The molecule has 10 heteroatoms. The van der Waals surface area contributed by atoms with Crippen molar-refractivity contribution in [3.8, 4) is 11.8 Å². The lowest BCUT2D eigenvalue weighted by atomic mass is 10.0. The quantitative estimate of drug-likeness (QED) is 0.162. The van der Waals surface area contributed by atoms with Gasteiger partial charge in [-0.25, -0.2) is 9.37 Å². The van der Waals surface area contributed by atoms with E-state index in [0.717, 1.165) is 28.1 Å². The van der Waals surface area contributed by atoms with Crippen LogP contribution in [-0.4, -0.2) is 31.0 Å². The highest BCUT2D eigenvalue weighted by Gasteiger charge is 2.56. The number of fused-ring (bicyclic) bond motifs is 1. The number of amides is 2. The van der Waals surface area contributed by atoms with Gasteiger partial charge in [-0.3, -0.25) is 18.7 Å². The second kappa shape index (κ2) is 11.1. The molecule has 0 spiro atoms. The molecule has 0 bridgehead atoms. The minimum absolute atomic E-state index is 0.261. The Morgan fingerprint density at radius 2 is 1.67 bits per heavy atom. The van der Waals surface area contributed by atoms with Gasteiger partial charge in [-0.2, -0.15) is 5.10 Å². The third-order valence-corrected chi connectivity index (χ3v) is 7.49. The Balaban J connectivity index is 1.18. The topological polar surface area (TPSA) is 105 Å². The Morgan fingerprint density at radius 3 is 2.37 bits per heavy atom. The summed E-state index contributed by atoms with van der Waals surface area (Å²) in [6, 6.07) is 15.1. The number of aromatic nitrogens is 4. The number of hydrogen-bond acceptors (Lipinski definition) is 5. The predicted octanol–water partition coefficient (Wildman–Crippen LogP) is 6.06. The van der Waals surface area contributed by atoms with E-state index in [-0.39, 0.29) is 11.9 Å². The van der Waals surface area contributed by atoms with Crippen molar-refractivity contribution in [3.63, 3.8) is 0 Å². The summed E-state index contributed by atoms with van der Waals surface area (Å²) in [5.41, 5.74) is 4.66. The van der Waals surface area contributed by atoms with E-state index in [9.17, 15) is 14.0 Å². The number of hydrogen-bond donors (Lipinski definition) is 3. The summed E-state index contributed by atoms with van der Waals surface area (Å²) in [6.07, 6.45) is 8.25. The number of carbonyl (C=O) groups excluding carboxylic acids is 2. The molecule has 9 nitrogen and oxygen atoms in total. The van der Waals surface area contributed by atoms with E-state index in [1.807, 2.05) is 46.6 Å². The second-order valence-corrected chi connectivity index (χ2v) is 11.0. The summed E-state index contributed by atoms with van der Waals surface area (Å²) < 4.78 is 17.0. The molecule has 1 aliphatic carbocycles. The summed E-state index contributed by atoms with van der Waals surface area (Å²) in [6.45, 7) is 6.09. The van der Waals surface area contributed by atoms with Crippen LogP contribution in [0.2, 0.25) is 0 Å². The smallest absolute Gasteiger partial charge is 0.240 e. The number of carbonyl (C=O) groups is 2. The van der Waals surface area contributed by atoms with Gasteiger partial charge in [0.2, 0.25) is 11.8 Å². The fourth-order valence-corrected chi connectivity index (χ4v) is 4.72. The summed E-state index contributed by atoms with van der Waals surface area (Å²) in [5, 5.41) is 13.4. The first-order chi connectivity index (χ1) is 20.7. The zero-order valence-corrected chi connectivity index (χ0v) is 24.0. The summed E-state index contributed by atoms with van der Waals surface area (Å²) in [7, 11) is 0. The number of aryl methyl sites for hydroxylation is 1. The van der Waals surface area contributed by atoms with Crippen molar-refractivity contribution in [3.05, 3.63) is 102 Å². The maximum atomic E-state index is 13.2. The molecule has 0 radical (unpaired) electrons. The van der Waals surface area contributed by atoms with Crippen molar-refractivity contribution in [1.82, 2.24) is 19.2 Å². The molecule has 1 saturated carbocycles. The molecule has 3 heterocycles. The van der Waals surface area contributed by atoms with Gasteiger partial charge in [0.25, 0.3) is 0 Å². The average molecular weight is 576 g/mol. The van der Waals surface area contributed by atoms with Crippen LogP contribution < -0.4 is 16.0 Å². The van der Waals surface area contributed by atoms with E-state index in [4.69, 9.17) is 0 Å². The van der Waals surface area contributed by atoms with Crippen LogP contribution >= 0.6 is 0 Å². The predicted molar refractivity (Wildman–Crippen MR) is 164 cm³/mol. The molecule has 1 fully saturated rings. The van der Waals surface area contributed by atoms with Gasteiger partial charge >= 0.3 is 0 Å². The van der Waals surface area contributed by atoms with Gasteiger partial charge in [0.1, 0.15) is 16.9 Å². The van der Waals surface area contributed by atoms with E-state index < -0.39 is 17.1 Å². The number of pyridine rings is 1. The molecule has 3 N–H and O–H groups in total. The van der Waals surface area contributed by atoms with Gasteiger partial charge in [0.15, 0.2) is 5.65 Å². The molecule has 0 atom stereocenters. The van der Waals surface area contributed by atoms with Crippen LogP contribution in [-0.2, 0) is 9.59 Å². The third kappa shape index (κ3) is 5.70. The average Bonchev–Trinajstić information content (AvgIpc) is 3.50. The van der Waals surface area contributed by atoms with Crippen molar-refractivity contribution < 1.29 is 14.0 Å². The third-order valence-electron chi connectivity index (χ3n) is 7.49. The lowest BCUT2D eigenvalue weighted by Crippen LogP contribution is -2.35. The summed E-state index contributed by atoms with van der Waals surface area (Å²) in [5.74, 6) is 5.24. The molecule has 0 aliphatic heterocycles. The molecular formula is C33H30FN7O2. The first-order valence-electron chi connectivity index (χ1n) is 14.0. The van der Waals surface area contributed by atoms with Crippen LogP contribution in [0.4, 0.5) is 27.1 Å². The number of benzene rings is 2. The SMILES string of the molecule is Cc1ccc(NC(=O)C2(C(=O)Nc3ccc(F)cc3)CC2)cc1C#Cc1cnc2c(Nc3cnn(C(C)C)c3)cccn12. The summed E-state index contributed by atoms with van der Waals surface area (Å²) >= 11 is 0. The van der Waals surface area contributed by atoms with Crippen molar-refractivity contribution in [1.29, 1.82) is 0 Å². The van der Waals surface area contributed by atoms with E-state index in [1.54, 1.807) is 24.5 Å². The molecule has 5 aromatic rings. The minimum Gasteiger partial charge on any atom is -0.350 e. The number of halogens is 1. The summed E-state index contributed by atoms with van der Waals surface area (Å²) in [4.78, 5) is 30.7. The van der Waals surface area contributed by atoms with E-state index in [2.05, 4.69) is 51.7 Å². The van der Waals surface area contributed by atoms with Crippen molar-refractivity contribution in [2.45, 2.75) is 39.7 Å². The van der Waals surface area contributed by atoms with Gasteiger partial charge in [0.05, 0.1) is 23.8 Å². The van der Waals surface area contributed by atoms with Crippen LogP contribution in [0.15, 0.2) is 79.4 Å². The zero-order valence-electron chi connectivity index (χ0n) is 24.0. The van der Waals surface area contributed by atoms with Crippen LogP contribution in [0.3, 0.4) is 0 Å². The van der Waals surface area contributed by atoms with Gasteiger partial charge in [-0.15, -0.1) is 0 Å². The highest BCUT2D eigenvalue weighted by atomic mass is 19.1. The Hall–Kier alpha value is -5.43. The number of nitrogens with one attached hydrogen (secondary N) is 3.